The molecule has 0 aromatic heterocycles. The summed E-state index contributed by atoms with van der Waals surface area (Å²) in [5.41, 5.74) is -0.0900. The minimum absolute atomic E-state index is 0.298. The van der Waals surface area contributed by atoms with Gasteiger partial charge in [-0.1, -0.05) is 19.3 Å². The van der Waals surface area contributed by atoms with Crippen LogP contribution in [-0.4, -0.2) is 35.5 Å². The van der Waals surface area contributed by atoms with Gasteiger partial charge < -0.3 is 15.5 Å². The van der Waals surface area contributed by atoms with Crippen LogP contribution in [-0.2, 0) is 0 Å². The van der Waals surface area contributed by atoms with E-state index in [9.17, 15) is 5.11 Å². The van der Waals surface area contributed by atoms with Crippen molar-refractivity contribution in [1.29, 1.82) is 0 Å². The third-order valence-corrected chi connectivity index (χ3v) is 4.34. The Labute approximate surface area is 98.2 Å². The first kappa shape index (κ1) is 12.3. The zero-order valence-corrected chi connectivity index (χ0v) is 10.2. The fourth-order valence-electron chi connectivity index (χ4n) is 2.88. The molecule has 2 aliphatic carbocycles. The molecule has 3 heteroatoms. The molecule has 2 aliphatic rings. The molecule has 0 spiro atoms. The number of hydrogen-bond donors (Lipinski definition) is 3. The summed E-state index contributed by atoms with van der Waals surface area (Å²) >= 11 is 0. The van der Waals surface area contributed by atoms with Gasteiger partial charge >= 0.3 is 0 Å². The second-order valence-electron chi connectivity index (χ2n) is 5.86. The quantitative estimate of drug-likeness (QED) is 0.643. The summed E-state index contributed by atoms with van der Waals surface area (Å²) in [6, 6.07) is 0. The fourth-order valence-corrected chi connectivity index (χ4v) is 2.88. The average molecular weight is 227 g/mol. The van der Waals surface area contributed by atoms with E-state index in [4.69, 9.17) is 5.11 Å². The van der Waals surface area contributed by atoms with Crippen molar-refractivity contribution in [2.75, 3.05) is 19.7 Å². The number of hydrogen-bond acceptors (Lipinski definition) is 3. The summed E-state index contributed by atoms with van der Waals surface area (Å²) < 4.78 is 0. The molecule has 2 rings (SSSR count). The van der Waals surface area contributed by atoms with Crippen LogP contribution in [0.2, 0.25) is 0 Å². The molecule has 0 bridgehead atoms. The first-order valence-electron chi connectivity index (χ1n) is 6.72. The van der Waals surface area contributed by atoms with Crippen LogP contribution in [0.1, 0.15) is 51.4 Å². The Hall–Kier alpha value is -0.120. The number of nitrogens with one attached hydrogen (secondary N) is 1. The van der Waals surface area contributed by atoms with Gasteiger partial charge in [0, 0.05) is 19.7 Å². The molecule has 0 aromatic rings. The summed E-state index contributed by atoms with van der Waals surface area (Å²) in [5.74, 6) is 0. The van der Waals surface area contributed by atoms with E-state index in [1.165, 1.54) is 32.1 Å². The molecule has 0 saturated heterocycles. The van der Waals surface area contributed by atoms with Gasteiger partial charge in [-0.3, -0.25) is 0 Å². The van der Waals surface area contributed by atoms with Crippen molar-refractivity contribution in [1.82, 2.24) is 5.32 Å². The lowest BCUT2D eigenvalue weighted by Crippen LogP contribution is -2.43. The first-order chi connectivity index (χ1) is 7.68. The molecule has 0 radical (unpaired) electrons. The molecular weight excluding hydrogens is 202 g/mol. The van der Waals surface area contributed by atoms with Crippen LogP contribution < -0.4 is 5.32 Å². The summed E-state index contributed by atoms with van der Waals surface area (Å²) in [6.45, 7) is 2.00. The lowest BCUT2D eigenvalue weighted by Gasteiger charge is -2.32. The molecule has 2 fully saturated rings. The van der Waals surface area contributed by atoms with Gasteiger partial charge in [-0.05, 0) is 37.5 Å². The van der Waals surface area contributed by atoms with Crippen molar-refractivity contribution in [2.24, 2.45) is 5.41 Å². The van der Waals surface area contributed by atoms with Crippen LogP contribution in [0.5, 0.6) is 0 Å². The van der Waals surface area contributed by atoms with Crippen molar-refractivity contribution in [3.05, 3.63) is 0 Å². The van der Waals surface area contributed by atoms with Crippen molar-refractivity contribution in [2.45, 2.75) is 57.0 Å². The Kier molecular flexibility index (Phi) is 3.88. The Bertz CT molecular complexity index is 220. The number of aliphatic hydroxyl groups excluding tert-OH is 1. The van der Waals surface area contributed by atoms with Crippen LogP contribution in [0.4, 0.5) is 0 Å². The minimum atomic E-state index is -0.451. The molecule has 94 valence electrons. The molecule has 0 amide bonds. The standard InChI is InChI=1S/C13H25NO2/c15-9-8-12(6-7-12)10-14-11-13(16)4-2-1-3-5-13/h14-16H,1-11H2. The van der Waals surface area contributed by atoms with Gasteiger partial charge in [0.2, 0.25) is 0 Å². The van der Waals surface area contributed by atoms with E-state index in [-0.39, 0.29) is 0 Å². The highest BCUT2D eigenvalue weighted by molar-refractivity contribution is 4.95. The zero-order valence-electron chi connectivity index (χ0n) is 10.2. The van der Waals surface area contributed by atoms with Crippen LogP contribution in [0.15, 0.2) is 0 Å². The van der Waals surface area contributed by atoms with Crippen molar-refractivity contribution < 1.29 is 10.2 Å². The molecule has 0 atom stereocenters. The lowest BCUT2D eigenvalue weighted by atomic mass is 9.85. The minimum Gasteiger partial charge on any atom is -0.396 e. The molecular formula is C13H25NO2. The maximum Gasteiger partial charge on any atom is 0.0771 e. The highest BCUT2D eigenvalue weighted by Crippen LogP contribution is 2.47. The largest absolute Gasteiger partial charge is 0.396 e. The predicted molar refractivity (Wildman–Crippen MR) is 64.3 cm³/mol. The highest BCUT2D eigenvalue weighted by Gasteiger charge is 2.41. The summed E-state index contributed by atoms with van der Waals surface area (Å²) in [5, 5.41) is 22.7. The van der Waals surface area contributed by atoms with E-state index in [0.29, 0.717) is 12.0 Å². The fraction of sp³-hybridized carbons (Fsp3) is 1.00. The zero-order chi connectivity index (χ0) is 11.5. The van der Waals surface area contributed by atoms with Crippen LogP contribution in [0, 0.1) is 5.41 Å². The van der Waals surface area contributed by atoms with E-state index in [2.05, 4.69) is 5.32 Å². The molecule has 0 aromatic carbocycles. The van der Waals surface area contributed by atoms with Gasteiger partial charge in [0.15, 0.2) is 0 Å². The molecule has 0 aliphatic heterocycles. The van der Waals surface area contributed by atoms with Crippen molar-refractivity contribution in [3.63, 3.8) is 0 Å². The molecule has 2 saturated carbocycles. The molecule has 0 unspecified atom stereocenters. The molecule has 3 N–H and O–H groups in total. The lowest BCUT2D eigenvalue weighted by molar-refractivity contribution is 0.00389. The Balaban J connectivity index is 1.67. The maximum atomic E-state index is 10.3. The van der Waals surface area contributed by atoms with E-state index in [1.807, 2.05) is 0 Å². The third kappa shape index (κ3) is 3.19. The topological polar surface area (TPSA) is 52.5 Å². The van der Waals surface area contributed by atoms with Gasteiger partial charge in [0.25, 0.3) is 0 Å². The Morgan fingerprint density at radius 1 is 0.938 bits per heavy atom. The van der Waals surface area contributed by atoms with E-state index in [0.717, 1.165) is 32.4 Å². The maximum absolute atomic E-state index is 10.3. The van der Waals surface area contributed by atoms with Crippen LogP contribution in [0.25, 0.3) is 0 Å². The molecule has 16 heavy (non-hydrogen) atoms. The van der Waals surface area contributed by atoms with Crippen LogP contribution >= 0.6 is 0 Å². The Morgan fingerprint density at radius 2 is 1.62 bits per heavy atom. The Morgan fingerprint density at radius 3 is 2.19 bits per heavy atom. The molecule has 3 nitrogen and oxygen atoms in total. The monoisotopic (exact) mass is 227 g/mol. The summed E-state index contributed by atoms with van der Waals surface area (Å²) in [6.07, 6.45) is 8.90. The predicted octanol–water partition coefficient (Wildman–Crippen LogP) is 1.43. The second-order valence-corrected chi connectivity index (χ2v) is 5.86. The van der Waals surface area contributed by atoms with Gasteiger partial charge in [-0.15, -0.1) is 0 Å². The van der Waals surface area contributed by atoms with Gasteiger partial charge in [0.05, 0.1) is 5.60 Å². The van der Waals surface area contributed by atoms with Crippen LogP contribution in [0.3, 0.4) is 0 Å². The van der Waals surface area contributed by atoms with Gasteiger partial charge in [-0.25, -0.2) is 0 Å². The normalized spacial score (nSPS) is 26.6. The summed E-state index contributed by atoms with van der Waals surface area (Å²) in [4.78, 5) is 0. The first-order valence-corrected chi connectivity index (χ1v) is 6.72. The van der Waals surface area contributed by atoms with Crippen molar-refractivity contribution in [3.8, 4) is 0 Å². The number of aliphatic hydroxyl groups is 2. The van der Waals surface area contributed by atoms with Gasteiger partial charge in [0.1, 0.15) is 0 Å². The van der Waals surface area contributed by atoms with Crippen molar-refractivity contribution >= 4 is 0 Å². The van der Waals surface area contributed by atoms with E-state index in [1.54, 1.807) is 0 Å². The second kappa shape index (κ2) is 5.03. The SMILES string of the molecule is OCCC1(CNCC2(O)CCCCC2)CC1. The number of rotatable bonds is 6. The van der Waals surface area contributed by atoms with E-state index >= 15 is 0 Å². The van der Waals surface area contributed by atoms with E-state index < -0.39 is 5.60 Å². The summed E-state index contributed by atoms with van der Waals surface area (Å²) in [7, 11) is 0. The highest BCUT2D eigenvalue weighted by atomic mass is 16.3. The third-order valence-electron chi connectivity index (χ3n) is 4.34. The average Bonchev–Trinajstić information content (AvgIpc) is 2.99. The molecule has 0 heterocycles. The smallest absolute Gasteiger partial charge is 0.0771 e. The van der Waals surface area contributed by atoms with Gasteiger partial charge in [-0.2, -0.15) is 0 Å².